The molecule has 0 bridgehead atoms. The Hall–Kier alpha value is -1.07. The number of piperazine rings is 1. The number of rotatable bonds is 4. The van der Waals surface area contributed by atoms with Gasteiger partial charge in [-0.15, -0.1) is 11.3 Å². The van der Waals surface area contributed by atoms with Gasteiger partial charge in [0.25, 0.3) is 0 Å². The summed E-state index contributed by atoms with van der Waals surface area (Å²) in [6.07, 6.45) is 0. The van der Waals surface area contributed by atoms with Gasteiger partial charge in [0.15, 0.2) is 0 Å². The molecule has 2 aromatic rings. The van der Waals surface area contributed by atoms with Crippen LogP contribution < -0.4 is 10.1 Å². The highest BCUT2D eigenvalue weighted by Crippen LogP contribution is 2.32. The number of para-hydroxylation sites is 1. The first-order valence-electron chi connectivity index (χ1n) is 7.10. The summed E-state index contributed by atoms with van der Waals surface area (Å²) >= 11 is 7.71. The number of hydrogen-bond acceptors (Lipinski definition) is 4. The third-order valence-electron chi connectivity index (χ3n) is 3.84. The molecule has 1 unspecified atom stereocenters. The number of hydrogen-bond donors (Lipinski definition) is 1. The molecule has 1 aromatic heterocycles. The Kier molecular flexibility index (Phi) is 4.80. The standard InChI is InChI=1S/C16H19ClN2OS/c1-20-15-5-3-2-4-13(15)14-10-18-8-9-19(14)11-12-6-7-16(17)21-12/h2-7,14,18H,8-11H2,1H3. The fraction of sp³-hybridized carbons (Fsp3) is 0.375. The lowest BCUT2D eigenvalue weighted by Crippen LogP contribution is -2.45. The van der Waals surface area contributed by atoms with E-state index < -0.39 is 0 Å². The molecule has 0 saturated carbocycles. The summed E-state index contributed by atoms with van der Waals surface area (Å²) in [5.74, 6) is 0.959. The lowest BCUT2D eigenvalue weighted by molar-refractivity contribution is 0.152. The number of halogens is 1. The summed E-state index contributed by atoms with van der Waals surface area (Å²) in [4.78, 5) is 3.80. The van der Waals surface area contributed by atoms with E-state index in [0.717, 1.165) is 36.3 Å². The quantitative estimate of drug-likeness (QED) is 0.931. The molecule has 1 aromatic carbocycles. The first-order chi connectivity index (χ1) is 10.3. The normalized spacial score (nSPS) is 19.6. The Morgan fingerprint density at radius 1 is 1.33 bits per heavy atom. The van der Waals surface area contributed by atoms with E-state index in [4.69, 9.17) is 16.3 Å². The summed E-state index contributed by atoms with van der Waals surface area (Å²) in [6, 6.07) is 12.7. The molecule has 1 aliphatic heterocycles. The molecule has 21 heavy (non-hydrogen) atoms. The first kappa shape index (κ1) is 14.9. The van der Waals surface area contributed by atoms with Gasteiger partial charge in [0, 0.05) is 36.6 Å². The van der Waals surface area contributed by atoms with Crippen LogP contribution in [0.2, 0.25) is 4.34 Å². The average molecular weight is 323 g/mol. The van der Waals surface area contributed by atoms with E-state index in [9.17, 15) is 0 Å². The monoisotopic (exact) mass is 322 g/mol. The molecule has 5 heteroatoms. The van der Waals surface area contributed by atoms with Crippen LogP contribution >= 0.6 is 22.9 Å². The van der Waals surface area contributed by atoms with Gasteiger partial charge in [0.1, 0.15) is 5.75 Å². The van der Waals surface area contributed by atoms with Gasteiger partial charge >= 0.3 is 0 Å². The maximum atomic E-state index is 6.05. The van der Waals surface area contributed by atoms with Crippen molar-refractivity contribution < 1.29 is 4.74 Å². The SMILES string of the molecule is COc1ccccc1C1CNCCN1Cc1ccc(Cl)s1. The molecule has 0 amide bonds. The maximum absolute atomic E-state index is 6.05. The molecule has 112 valence electrons. The van der Waals surface area contributed by atoms with Crippen molar-refractivity contribution in [3.05, 3.63) is 51.2 Å². The van der Waals surface area contributed by atoms with Crippen LogP contribution in [-0.2, 0) is 6.54 Å². The van der Waals surface area contributed by atoms with Gasteiger partial charge < -0.3 is 10.1 Å². The minimum Gasteiger partial charge on any atom is -0.496 e. The maximum Gasteiger partial charge on any atom is 0.123 e. The molecular formula is C16H19ClN2OS. The van der Waals surface area contributed by atoms with Gasteiger partial charge in [0.2, 0.25) is 0 Å². The fourth-order valence-corrected chi connectivity index (χ4v) is 3.93. The summed E-state index contributed by atoms with van der Waals surface area (Å²) < 4.78 is 6.38. The molecule has 1 fully saturated rings. The molecular weight excluding hydrogens is 304 g/mol. The highest BCUT2D eigenvalue weighted by molar-refractivity contribution is 7.16. The predicted molar refractivity (Wildman–Crippen MR) is 88.3 cm³/mol. The van der Waals surface area contributed by atoms with Crippen molar-refractivity contribution in [2.24, 2.45) is 0 Å². The predicted octanol–water partition coefficient (Wildman–Crippen LogP) is 3.56. The van der Waals surface area contributed by atoms with Crippen LogP contribution in [0.5, 0.6) is 5.75 Å². The van der Waals surface area contributed by atoms with Gasteiger partial charge in [0.05, 0.1) is 17.5 Å². The van der Waals surface area contributed by atoms with Crippen molar-refractivity contribution >= 4 is 22.9 Å². The number of ether oxygens (including phenoxy) is 1. The lowest BCUT2D eigenvalue weighted by Gasteiger charge is -2.36. The van der Waals surface area contributed by atoms with E-state index in [2.05, 4.69) is 28.4 Å². The molecule has 1 N–H and O–H groups in total. The minimum atomic E-state index is 0.329. The Labute approximate surface area is 134 Å². The third kappa shape index (κ3) is 3.40. The van der Waals surface area contributed by atoms with Gasteiger partial charge in [-0.1, -0.05) is 29.8 Å². The van der Waals surface area contributed by atoms with Crippen LogP contribution in [0.4, 0.5) is 0 Å². The second kappa shape index (κ2) is 6.79. The Balaban J connectivity index is 1.84. The van der Waals surface area contributed by atoms with E-state index in [1.54, 1.807) is 18.4 Å². The van der Waals surface area contributed by atoms with Crippen molar-refractivity contribution in [3.63, 3.8) is 0 Å². The summed E-state index contributed by atoms with van der Waals surface area (Å²) in [7, 11) is 1.73. The van der Waals surface area contributed by atoms with Crippen LogP contribution in [0, 0.1) is 0 Å². The van der Waals surface area contributed by atoms with Crippen molar-refractivity contribution in [3.8, 4) is 5.75 Å². The summed E-state index contributed by atoms with van der Waals surface area (Å²) in [5.41, 5.74) is 1.25. The van der Waals surface area contributed by atoms with E-state index >= 15 is 0 Å². The Morgan fingerprint density at radius 3 is 2.95 bits per heavy atom. The summed E-state index contributed by atoms with van der Waals surface area (Å²) in [6.45, 7) is 3.92. The lowest BCUT2D eigenvalue weighted by atomic mass is 10.0. The average Bonchev–Trinajstić information content (AvgIpc) is 2.93. The van der Waals surface area contributed by atoms with Crippen molar-refractivity contribution in [2.75, 3.05) is 26.7 Å². The van der Waals surface area contributed by atoms with Crippen molar-refractivity contribution in [1.82, 2.24) is 10.2 Å². The van der Waals surface area contributed by atoms with Gasteiger partial charge in [-0.3, -0.25) is 4.90 Å². The molecule has 1 aliphatic rings. The van der Waals surface area contributed by atoms with Gasteiger partial charge in [-0.2, -0.15) is 0 Å². The third-order valence-corrected chi connectivity index (χ3v) is 5.06. The molecule has 2 heterocycles. The molecule has 0 spiro atoms. The topological polar surface area (TPSA) is 24.5 Å². The number of benzene rings is 1. The smallest absolute Gasteiger partial charge is 0.123 e. The Morgan fingerprint density at radius 2 is 2.19 bits per heavy atom. The summed E-state index contributed by atoms with van der Waals surface area (Å²) in [5, 5.41) is 3.49. The van der Waals surface area contributed by atoms with Crippen LogP contribution in [0.15, 0.2) is 36.4 Å². The van der Waals surface area contributed by atoms with Crippen molar-refractivity contribution in [1.29, 1.82) is 0 Å². The zero-order valence-corrected chi connectivity index (χ0v) is 13.6. The van der Waals surface area contributed by atoms with E-state index in [1.165, 1.54) is 10.4 Å². The second-order valence-electron chi connectivity index (χ2n) is 5.14. The molecule has 0 aliphatic carbocycles. The highest BCUT2D eigenvalue weighted by atomic mass is 35.5. The van der Waals surface area contributed by atoms with Gasteiger partial charge in [-0.25, -0.2) is 0 Å². The largest absolute Gasteiger partial charge is 0.496 e. The molecule has 3 nitrogen and oxygen atoms in total. The fourth-order valence-electron chi connectivity index (χ4n) is 2.82. The minimum absolute atomic E-state index is 0.329. The van der Waals surface area contributed by atoms with Crippen LogP contribution in [0.3, 0.4) is 0 Å². The number of nitrogens with zero attached hydrogens (tertiary/aromatic N) is 1. The number of thiophene rings is 1. The second-order valence-corrected chi connectivity index (χ2v) is 6.94. The van der Waals surface area contributed by atoms with E-state index in [1.807, 2.05) is 18.2 Å². The Bertz CT molecular complexity index is 601. The zero-order valence-electron chi connectivity index (χ0n) is 12.0. The van der Waals surface area contributed by atoms with Crippen LogP contribution in [0.25, 0.3) is 0 Å². The van der Waals surface area contributed by atoms with Crippen LogP contribution in [-0.4, -0.2) is 31.6 Å². The van der Waals surface area contributed by atoms with Crippen molar-refractivity contribution in [2.45, 2.75) is 12.6 Å². The van der Waals surface area contributed by atoms with E-state index in [0.29, 0.717) is 6.04 Å². The zero-order chi connectivity index (χ0) is 14.7. The molecule has 3 rings (SSSR count). The molecule has 1 atom stereocenters. The van der Waals surface area contributed by atoms with E-state index in [-0.39, 0.29) is 0 Å². The van der Waals surface area contributed by atoms with Crippen LogP contribution in [0.1, 0.15) is 16.5 Å². The molecule has 1 saturated heterocycles. The number of methoxy groups -OCH3 is 1. The molecule has 0 radical (unpaired) electrons. The highest BCUT2D eigenvalue weighted by Gasteiger charge is 2.26. The van der Waals surface area contributed by atoms with Gasteiger partial charge in [-0.05, 0) is 18.2 Å². The number of nitrogens with one attached hydrogen (secondary N) is 1. The first-order valence-corrected chi connectivity index (χ1v) is 8.29.